The van der Waals surface area contributed by atoms with Crippen LogP contribution in [0.2, 0.25) is 0 Å². The highest BCUT2D eigenvalue weighted by Gasteiger charge is 2.23. The van der Waals surface area contributed by atoms with Gasteiger partial charge in [0.05, 0.1) is 29.2 Å². The number of aromatic nitrogens is 2. The monoisotopic (exact) mass is 448 g/mol. The first kappa shape index (κ1) is 23.5. The number of hydrogen-bond donors (Lipinski definition) is 1. The molecule has 0 radical (unpaired) electrons. The lowest BCUT2D eigenvalue weighted by molar-refractivity contribution is 0.147. The Morgan fingerprint density at radius 3 is 2.42 bits per heavy atom. The van der Waals surface area contributed by atoms with Gasteiger partial charge in [0.15, 0.2) is 0 Å². The molecule has 2 heterocycles. The fraction of sp³-hybridized carbons (Fsp3) is 0.481. The summed E-state index contributed by atoms with van der Waals surface area (Å²) in [6.07, 6.45) is 2.41. The van der Waals surface area contributed by atoms with Gasteiger partial charge in [0, 0.05) is 6.04 Å². The summed E-state index contributed by atoms with van der Waals surface area (Å²) in [4.78, 5) is 21.0. The molecule has 1 aliphatic rings. The van der Waals surface area contributed by atoms with E-state index in [1.807, 2.05) is 55.5 Å². The number of hydrogen-bond acceptors (Lipinski definition) is 5. The van der Waals surface area contributed by atoms with Crippen molar-refractivity contribution in [1.82, 2.24) is 19.8 Å². The molecule has 6 heteroatoms. The molecule has 0 aliphatic carbocycles. The third-order valence-corrected chi connectivity index (χ3v) is 6.69. The predicted molar refractivity (Wildman–Crippen MR) is 134 cm³/mol. The molecule has 1 saturated heterocycles. The van der Waals surface area contributed by atoms with E-state index >= 15 is 0 Å². The van der Waals surface area contributed by atoms with Gasteiger partial charge in [-0.3, -0.25) is 9.36 Å². The largest absolute Gasteiger partial charge is 0.494 e. The van der Waals surface area contributed by atoms with E-state index in [1.165, 1.54) is 12.8 Å². The van der Waals surface area contributed by atoms with Crippen LogP contribution in [0.15, 0.2) is 53.3 Å². The number of nitrogens with zero attached hydrogens (tertiary/aromatic N) is 3. The van der Waals surface area contributed by atoms with Gasteiger partial charge in [-0.25, -0.2) is 4.98 Å². The van der Waals surface area contributed by atoms with Crippen LogP contribution >= 0.6 is 0 Å². The molecule has 176 valence electrons. The molecule has 2 aromatic carbocycles. The van der Waals surface area contributed by atoms with Crippen molar-refractivity contribution in [2.45, 2.75) is 52.6 Å². The van der Waals surface area contributed by atoms with Gasteiger partial charge in [-0.05, 0) is 102 Å². The SMILES string of the molecule is CCOc1ccc(-n2c(C(C)NCC3CCN(C(C)C)CC3)nc3ccccc3c2=O)cc1. The average Bonchev–Trinajstić information content (AvgIpc) is 2.83. The summed E-state index contributed by atoms with van der Waals surface area (Å²) in [6, 6.07) is 15.8. The van der Waals surface area contributed by atoms with Crippen molar-refractivity contribution in [3.63, 3.8) is 0 Å². The third-order valence-electron chi connectivity index (χ3n) is 6.69. The van der Waals surface area contributed by atoms with Crippen molar-refractivity contribution >= 4 is 10.9 Å². The average molecular weight is 449 g/mol. The maximum atomic E-state index is 13.5. The molecule has 1 aromatic heterocycles. The number of fused-ring (bicyclic) bond motifs is 1. The minimum atomic E-state index is -0.0583. The molecule has 0 amide bonds. The highest BCUT2D eigenvalue weighted by Crippen LogP contribution is 2.22. The Labute approximate surface area is 196 Å². The van der Waals surface area contributed by atoms with E-state index in [2.05, 4.69) is 31.0 Å². The van der Waals surface area contributed by atoms with E-state index in [9.17, 15) is 4.79 Å². The summed E-state index contributed by atoms with van der Waals surface area (Å²) >= 11 is 0. The summed E-state index contributed by atoms with van der Waals surface area (Å²) < 4.78 is 7.33. The standard InChI is InChI=1S/C27H36N4O2/c1-5-33-23-12-10-22(11-13-23)31-26(29-25-9-7-6-8-24(25)27(31)32)20(4)28-18-21-14-16-30(17-15-21)19(2)3/h6-13,19-21,28H,5,14-18H2,1-4H3. The fourth-order valence-electron chi connectivity index (χ4n) is 4.66. The van der Waals surface area contributed by atoms with E-state index in [0.717, 1.165) is 42.4 Å². The second kappa shape index (κ2) is 10.5. The number of para-hydroxylation sites is 1. The smallest absolute Gasteiger partial charge is 0.266 e. The van der Waals surface area contributed by atoms with Crippen LogP contribution in [-0.4, -0.2) is 46.7 Å². The highest BCUT2D eigenvalue weighted by atomic mass is 16.5. The molecule has 4 rings (SSSR count). The van der Waals surface area contributed by atoms with Crippen LogP contribution in [0.25, 0.3) is 16.6 Å². The molecule has 33 heavy (non-hydrogen) atoms. The molecule has 1 aliphatic heterocycles. The molecule has 0 bridgehead atoms. The Bertz CT molecular complexity index is 1120. The van der Waals surface area contributed by atoms with Crippen molar-refractivity contribution < 1.29 is 4.74 Å². The van der Waals surface area contributed by atoms with Gasteiger partial charge >= 0.3 is 0 Å². The number of rotatable bonds is 8. The lowest BCUT2D eigenvalue weighted by Crippen LogP contribution is -2.41. The number of benzene rings is 2. The minimum absolute atomic E-state index is 0.0429. The van der Waals surface area contributed by atoms with Crippen molar-refractivity contribution in [3.05, 3.63) is 64.7 Å². The van der Waals surface area contributed by atoms with Gasteiger partial charge in [0.25, 0.3) is 5.56 Å². The van der Waals surface area contributed by atoms with Crippen molar-refractivity contribution in [1.29, 1.82) is 0 Å². The zero-order chi connectivity index (χ0) is 23.4. The number of nitrogens with one attached hydrogen (secondary N) is 1. The zero-order valence-corrected chi connectivity index (χ0v) is 20.3. The second-order valence-electron chi connectivity index (χ2n) is 9.26. The molecule has 0 saturated carbocycles. The van der Waals surface area contributed by atoms with E-state index < -0.39 is 0 Å². The molecule has 1 N–H and O–H groups in total. The Morgan fingerprint density at radius 1 is 1.06 bits per heavy atom. The number of piperidine rings is 1. The van der Waals surface area contributed by atoms with Crippen LogP contribution < -0.4 is 15.6 Å². The first-order chi connectivity index (χ1) is 16.0. The molecule has 1 unspecified atom stereocenters. The Morgan fingerprint density at radius 2 is 1.76 bits per heavy atom. The van der Waals surface area contributed by atoms with Crippen molar-refractivity contribution in [2.24, 2.45) is 5.92 Å². The van der Waals surface area contributed by atoms with Crippen LogP contribution in [0.3, 0.4) is 0 Å². The topological polar surface area (TPSA) is 59.4 Å². The number of likely N-dealkylation sites (tertiary alicyclic amines) is 1. The van der Waals surface area contributed by atoms with Gasteiger partial charge in [0.2, 0.25) is 0 Å². The maximum Gasteiger partial charge on any atom is 0.266 e. The Hall–Kier alpha value is -2.70. The van der Waals surface area contributed by atoms with Crippen LogP contribution in [0.5, 0.6) is 5.75 Å². The molecule has 6 nitrogen and oxygen atoms in total. The first-order valence-electron chi connectivity index (χ1n) is 12.2. The van der Waals surface area contributed by atoms with Crippen molar-refractivity contribution in [3.8, 4) is 11.4 Å². The van der Waals surface area contributed by atoms with E-state index in [0.29, 0.717) is 24.0 Å². The molecule has 3 aromatic rings. The lowest BCUT2D eigenvalue weighted by Gasteiger charge is -2.35. The molecule has 0 spiro atoms. The summed E-state index contributed by atoms with van der Waals surface area (Å²) in [6.45, 7) is 12.5. The maximum absolute atomic E-state index is 13.5. The Kier molecular flexibility index (Phi) is 7.46. The molecule has 1 atom stereocenters. The zero-order valence-electron chi connectivity index (χ0n) is 20.3. The second-order valence-corrected chi connectivity index (χ2v) is 9.26. The highest BCUT2D eigenvalue weighted by molar-refractivity contribution is 5.77. The summed E-state index contributed by atoms with van der Waals surface area (Å²) in [7, 11) is 0. The van der Waals surface area contributed by atoms with Crippen LogP contribution in [0, 0.1) is 5.92 Å². The first-order valence-corrected chi connectivity index (χ1v) is 12.2. The summed E-state index contributed by atoms with van der Waals surface area (Å²) in [5.41, 5.74) is 1.49. The predicted octanol–water partition coefficient (Wildman–Crippen LogP) is 4.56. The van der Waals surface area contributed by atoms with Gasteiger partial charge in [-0.1, -0.05) is 12.1 Å². The van der Waals surface area contributed by atoms with Gasteiger partial charge in [-0.2, -0.15) is 0 Å². The van der Waals surface area contributed by atoms with Crippen molar-refractivity contribution in [2.75, 3.05) is 26.2 Å². The fourth-order valence-corrected chi connectivity index (χ4v) is 4.66. The normalized spacial score (nSPS) is 16.4. The molecule has 1 fully saturated rings. The molecular weight excluding hydrogens is 412 g/mol. The Balaban J connectivity index is 1.60. The minimum Gasteiger partial charge on any atom is -0.494 e. The van der Waals surface area contributed by atoms with Crippen LogP contribution in [0.4, 0.5) is 0 Å². The quantitative estimate of drug-likeness (QED) is 0.548. The summed E-state index contributed by atoms with van der Waals surface area (Å²) in [5, 5.41) is 4.31. The number of ether oxygens (including phenoxy) is 1. The van der Waals surface area contributed by atoms with E-state index in [4.69, 9.17) is 9.72 Å². The van der Waals surface area contributed by atoms with E-state index in [-0.39, 0.29) is 11.6 Å². The third kappa shape index (κ3) is 5.28. The van der Waals surface area contributed by atoms with Crippen LogP contribution in [0.1, 0.15) is 52.4 Å². The van der Waals surface area contributed by atoms with Gasteiger partial charge in [0.1, 0.15) is 11.6 Å². The lowest BCUT2D eigenvalue weighted by atomic mass is 9.95. The molecular formula is C27H36N4O2. The van der Waals surface area contributed by atoms with Gasteiger partial charge in [-0.15, -0.1) is 0 Å². The van der Waals surface area contributed by atoms with Gasteiger partial charge < -0.3 is 15.0 Å². The summed E-state index contributed by atoms with van der Waals surface area (Å²) in [5.74, 6) is 2.18. The van der Waals surface area contributed by atoms with E-state index in [1.54, 1.807) is 4.57 Å². The van der Waals surface area contributed by atoms with Crippen LogP contribution in [-0.2, 0) is 0 Å².